The summed E-state index contributed by atoms with van der Waals surface area (Å²) in [6, 6.07) is 15.3. The summed E-state index contributed by atoms with van der Waals surface area (Å²) in [7, 11) is 0. The van der Waals surface area contributed by atoms with Crippen molar-refractivity contribution in [3.63, 3.8) is 0 Å². The second kappa shape index (κ2) is 17.3. The molecular formula is C34H50O3. The van der Waals surface area contributed by atoms with E-state index in [4.69, 9.17) is 9.47 Å². The van der Waals surface area contributed by atoms with Gasteiger partial charge in [0.2, 0.25) is 0 Å². The Bertz CT molecular complexity index is 871. The van der Waals surface area contributed by atoms with Crippen molar-refractivity contribution >= 4 is 5.97 Å². The predicted octanol–water partition coefficient (Wildman–Crippen LogP) is 9.96. The summed E-state index contributed by atoms with van der Waals surface area (Å²) in [5.41, 5.74) is 1.85. The standard InChI is InChI=1S/C34H50O3/c1-3-5-7-8-10-14-28-19-23-33(24-20-28)37-34(35)31-21-25-32(26-22-31)36-27-13-18-30-17-12-11-16-29(30)15-9-6-4-2/h19-26,29-30H,3-18,27H2,1-2H3. The Hall–Kier alpha value is -2.29. The van der Waals surface area contributed by atoms with Crippen LogP contribution in [0.3, 0.4) is 0 Å². The Morgan fingerprint density at radius 3 is 1.97 bits per heavy atom. The van der Waals surface area contributed by atoms with Crippen molar-refractivity contribution in [1.29, 1.82) is 0 Å². The third kappa shape index (κ3) is 10.9. The maximum absolute atomic E-state index is 12.6. The van der Waals surface area contributed by atoms with Gasteiger partial charge < -0.3 is 9.47 Å². The molecule has 1 saturated carbocycles. The van der Waals surface area contributed by atoms with E-state index in [0.717, 1.165) is 37.0 Å². The molecule has 2 atom stereocenters. The number of carbonyl (C=O) groups excluding carboxylic acids is 1. The zero-order chi connectivity index (χ0) is 26.1. The maximum Gasteiger partial charge on any atom is 0.343 e. The number of benzene rings is 2. The minimum Gasteiger partial charge on any atom is -0.494 e. The lowest BCUT2D eigenvalue weighted by Gasteiger charge is -2.31. The largest absolute Gasteiger partial charge is 0.494 e. The van der Waals surface area contributed by atoms with E-state index in [-0.39, 0.29) is 5.97 Å². The lowest BCUT2D eigenvalue weighted by molar-refractivity contribution is 0.0734. The number of unbranched alkanes of at least 4 members (excludes halogenated alkanes) is 6. The lowest BCUT2D eigenvalue weighted by Crippen LogP contribution is -2.20. The van der Waals surface area contributed by atoms with Crippen LogP contribution in [0.4, 0.5) is 0 Å². The van der Waals surface area contributed by atoms with Gasteiger partial charge in [-0.25, -0.2) is 4.79 Å². The molecule has 0 radical (unpaired) electrons. The Morgan fingerprint density at radius 1 is 0.703 bits per heavy atom. The molecule has 2 aromatic rings. The van der Waals surface area contributed by atoms with Gasteiger partial charge in [0.25, 0.3) is 0 Å². The molecule has 1 aliphatic rings. The van der Waals surface area contributed by atoms with E-state index in [1.807, 2.05) is 24.3 Å². The van der Waals surface area contributed by atoms with Crippen molar-refractivity contribution in [2.75, 3.05) is 6.61 Å². The Labute approximate surface area is 226 Å². The van der Waals surface area contributed by atoms with Gasteiger partial charge in [-0.05, 0) is 79.5 Å². The number of hydrogen-bond acceptors (Lipinski definition) is 3. The molecule has 2 aromatic carbocycles. The quantitative estimate of drug-likeness (QED) is 0.122. The smallest absolute Gasteiger partial charge is 0.343 e. The average Bonchev–Trinajstić information content (AvgIpc) is 2.93. The SMILES string of the molecule is CCCCCCCc1ccc(OC(=O)c2ccc(OCCCC3CCCCC3CCCCC)cc2)cc1. The first-order chi connectivity index (χ1) is 18.2. The molecule has 204 valence electrons. The Kier molecular flexibility index (Phi) is 13.7. The van der Waals surface area contributed by atoms with Crippen LogP contribution >= 0.6 is 0 Å². The van der Waals surface area contributed by atoms with Gasteiger partial charge in [0.05, 0.1) is 12.2 Å². The number of carbonyl (C=O) groups is 1. The van der Waals surface area contributed by atoms with Crippen LogP contribution < -0.4 is 9.47 Å². The van der Waals surface area contributed by atoms with E-state index >= 15 is 0 Å². The fourth-order valence-corrected chi connectivity index (χ4v) is 5.75. The van der Waals surface area contributed by atoms with Gasteiger partial charge in [0, 0.05) is 0 Å². The molecule has 1 aliphatic carbocycles. The highest BCUT2D eigenvalue weighted by atomic mass is 16.5. The van der Waals surface area contributed by atoms with E-state index < -0.39 is 0 Å². The lowest BCUT2D eigenvalue weighted by atomic mass is 9.74. The molecule has 0 spiro atoms. The van der Waals surface area contributed by atoms with Crippen molar-refractivity contribution in [2.24, 2.45) is 11.8 Å². The fourth-order valence-electron chi connectivity index (χ4n) is 5.75. The molecule has 37 heavy (non-hydrogen) atoms. The van der Waals surface area contributed by atoms with Crippen LogP contribution in [0.2, 0.25) is 0 Å². The minimum atomic E-state index is -0.328. The first-order valence-corrected chi connectivity index (χ1v) is 15.2. The summed E-state index contributed by atoms with van der Waals surface area (Å²) in [5, 5.41) is 0. The summed E-state index contributed by atoms with van der Waals surface area (Å²) in [5.74, 6) is 2.90. The molecule has 1 fully saturated rings. The van der Waals surface area contributed by atoms with Crippen LogP contribution in [0.1, 0.15) is 126 Å². The molecule has 2 unspecified atom stereocenters. The molecule has 0 N–H and O–H groups in total. The summed E-state index contributed by atoms with van der Waals surface area (Å²) >= 11 is 0. The predicted molar refractivity (Wildman–Crippen MR) is 155 cm³/mol. The van der Waals surface area contributed by atoms with Crippen LogP contribution in [0.25, 0.3) is 0 Å². The number of esters is 1. The second-order valence-corrected chi connectivity index (χ2v) is 11.0. The van der Waals surface area contributed by atoms with E-state index in [0.29, 0.717) is 11.3 Å². The number of aryl methyl sites for hydroxylation is 1. The van der Waals surface area contributed by atoms with Crippen LogP contribution in [0, 0.1) is 11.8 Å². The highest BCUT2D eigenvalue weighted by molar-refractivity contribution is 5.91. The maximum atomic E-state index is 12.6. The molecule has 0 heterocycles. The number of ether oxygens (including phenoxy) is 2. The van der Waals surface area contributed by atoms with E-state index in [1.54, 1.807) is 12.1 Å². The zero-order valence-corrected chi connectivity index (χ0v) is 23.5. The van der Waals surface area contributed by atoms with Crippen molar-refractivity contribution in [1.82, 2.24) is 0 Å². The van der Waals surface area contributed by atoms with E-state index in [1.165, 1.54) is 95.5 Å². The first-order valence-electron chi connectivity index (χ1n) is 15.2. The number of hydrogen-bond donors (Lipinski definition) is 0. The molecule has 0 aromatic heterocycles. The van der Waals surface area contributed by atoms with Crippen molar-refractivity contribution in [2.45, 2.75) is 117 Å². The fraction of sp³-hybridized carbons (Fsp3) is 0.618. The second-order valence-electron chi connectivity index (χ2n) is 11.0. The van der Waals surface area contributed by atoms with E-state index in [2.05, 4.69) is 26.0 Å². The van der Waals surface area contributed by atoms with Gasteiger partial charge in [-0.1, -0.05) is 103 Å². The molecule has 3 heteroatoms. The summed E-state index contributed by atoms with van der Waals surface area (Å²) in [6.07, 6.45) is 21.0. The number of rotatable bonds is 17. The average molecular weight is 507 g/mol. The molecule has 0 saturated heterocycles. The van der Waals surface area contributed by atoms with E-state index in [9.17, 15) is 4.79 Å². The Morgan fingerprint density at radius 2 is 1.30 bits per heavy atom. The van der Waals surface area contributed by atoms with Gasteiger partial charge >= 0.3 is 5.97 Å². The third-order valence-electron chi connectivity index (χ3n) is 8.03. The highest BCUT2D eigenvalue weighted by Crippen LogP contribution is 2.36. The molecule has 0 aliphatic heterocycles. The van der Waals surface area contributed by atoms with Gasteiger partial charge in [0.1, 0.15) is 11.5 Å². The van der Waals surface area contributed by atoms with Gasteiger partial charge in [-0.15, -0.1) is 0 Å². The molecule has 3 nitrogen and oxygen atoms in total. The molecule has 0 amide bonds. The molecule has 3 rings (SSSR count). The molecular weight excluding hydrogens is 456 g/mol. The topological polar surface area (TPSA) is 35.5 Å². The van der Waals surface area contributed by atoms with Crippen molar-refractivity contribution in [3.8, 4) is 11.5 Å². The van der Waals surface area contributed by atoms with Crippen LogP contribution in [-0.2, 0) is 6.42 Å². The van der Waals surface area contributed by atoms with Crippen molar-refractivity contribution < 1.29 is 14.3 Å². The van der Waals surface area contributed by atoms with Crippen LogP contribution in [0.5, 0.6) is 11.5 Å². The van der Waals surface area contributed by atoms with Gasteiger partial charge in [-0.3, -0.25) is 0 Å². The normalized spacial score (nSPS) is 17.5. The van der Waals surface area contributed by atoms with Crippen molar-refractivity contribution in [3.05, 3.63) is 59.7 Å². The molecule has 0 bridgehead atoms. The monoisotopic (exact) mass is 506 g/mol. The Balaban J connectivity index is 1.35. The first kappa shape index (κ1) is 29.3. The minimum absolute atomic E-state index is 0.328. The van der Waals surface area contributed by atoms with Crippen LogP contribution in [-0.4, -0.2) is 12.6 Å². The third-order valence-corrected chi connectivity index (χ3v) is 8.03. The zero-order valence-electron chi connectivity index (χ0n) is 23.5. The summed E-state index contributed by atoms with van der Waals surface area (Å²) in [6.45, 7) is 5.28. The van der Waals surface area contributed by atoms with Gasteiger partial charge in [-0.2, -0.15) is 0 Å². The summed E-state index contributed by atoms with van der Waals surface area (Å²) < 4.78 is 11.6. The highest BCUT2D eigenvalue weighted by Gasteiger charge is 2.24. The van der Waals surface area contributed by atoms with Crippen LogP contribution in [0.15, 0.2) is 48.5 Å². The van der Waals surface area contributed by atoms with Gasteiger partial charge in [0.15, 0.2) is 0 Å². The summed E-state index contributed by atoms with van der Waals surface area (Å²) in [4.78, 5) is 12.6.